The highest BCUT2D eigenvalue weighted by Crippen LogP contribution is 2.30. The van der Waals surface area contributed by atoms with Crippen molar-refractivity contribution >= 4 is 11.9 Å². The molecule has 6 heteroatoms. The van der Waals surface area contributed by atoms with Crippen LogP contribution in [0.5, 0.6) is 5.75 Å². The van der Waals surface area contributed by atoms with Gasteiger partial charge in [0.1, 0.15) is 11.3 Å². The van der Waals surface area contributed by atoms with E-state index in [9.17, 15) is 14.9 Å². The van der Waals surface area contributed by atoms with Gasteiger partial charge in [-0.2, -0.15) is 5.26 Å². The number of amides is 1. The zero-order chi connectivity index (χ0) is 20.0. The minimum Gasteiger partial charge on any atom is -0.482 e. The van der Waals surface area contributed by atoms with Gasteiger partial charge in [0.15, 0.2) is 13.2 Å². The summed E-state index contributed by atoms with van der Waals surface area (Å²) in [4.78, 5) is 23.8. The van der Waals surface area contributed by atoms with Crippen molar-refractivity contribution in [3.05, 3.63) is 29.8 Å². The first-order chi connectivity index (χ1) is 12.0. The maximum Gasteiger partial charge on any atom is 0.344 e. The summed E-state index contributed by atoms with van der Waals surface area (Å²) in [6.45, 7) is 10.7. The molecule has 1 atom stereocenters. The second-order valence-corrected chi connectivity index (χ2v) is 7.71. The Kier molecular flexibility index (Phi) is 7.19. The molecule has 0 aliphatic rings. The van der Waals surface area contributed by atoms with Crippen molar-refractivity contribution < 1.29 is 19.1 Å². The third-order valence-electron chi connectivity index (χ3n) is 4.19. The van der Waals surface area contributed by atoms with Crippen molar-refractivity contribution in [3.8, 4) is 11.8 Å². The molecule has 142 valence electrons. The van der Waals surface area contributed by atoms with Crippen LogP contribution >= 0.6 is 0 Å². The Morgan fingerprint density at radius 3 is 2.31 bits per heavy atom. The SMILES string of the molecule is CC(C)[C@](C)(C#N)NC(=O)COC(=O)COc1ccccc1C(C)(C)C. The van der Waals surface area contributed by atoms with E-state index in [0.717, 1.165) is 5.56 Å². The van der Waals surface area contributed by atoms with E-state index in [-0.39, 0.29) is 17.9 Å². The van der Waals surface area contributed by atoms with Crippen LogP contribution in [0.1, 0.15) is 47.1 Å². The molecule has 0 bridgehead atoms. The number of nitriles is 1. The number of carbonyl (C=O) groups is 2. The fourth-order valence-corrected chi connectivity index (χ4v) is 2.16. The molecule has 26 heavy (non-hydrogen) atoms. The van der Waals surface area contributed by atoms with Crippen LogP contribution in [0.3, 0.4) is 0 Å². The molecule has 0 heterocycles. The van der Waals surface area contributed by atoms with Crippen molar-refractivity contribution in [1.29, 1.82) is 5.26 Å². The van der Waals surface area contributed by atoms with Crippen LogP contribution in [0.4, 0.5) is 0 Å². The number of benzene rings is 1. The highest BCUT2D eigenvalue weighted by Gasteiger charge is 2.30. The Hall–Kier alpha value is -2.55. The number of carbonyl (C=O) groups excluding carboxylic acids is 2. The summed E-state index contributed by atoms with van der Waals surface area (Å²) < 4.78 is 10.5. The lowest BCUT2D eigenvalue weighted by atomic mass is 9.86. The fraction of sp³-hybridized carbons (Fsp3) is 0.550. The number of rotatable bonds is 7. The summed E-state index contributed by atoms with van der Waals surface area (Å²) >= 11 is 0. The molecule has 0 radical (unpaired) electrons. The van der Waals surface area contributed by atoms with Crippen LogP contribution in [-0.4, -0.2) is 30.6 Å². The zero-order valence-corrected chi connectivity index (χ0v) is 16.4. The standard InChI is InChI=1S/C20H28N2O4/c1-14(2)20(6,13-21)22-17(23)11-26-18(24)12-25-16-10-8-7-9-15(16)19(3,4)5/h7-10,14H,11-12H2,1-6H3,(H,22,23)/t20-/m0/s1. The van der Waals surface area contributed by atoms with Gasteiger partial charge in [0.2, 0.25) is 0 Å². The first-order valence-corrected chi connectivity index (χ1v) is 8.60. The van der Waals surface area contributed by atoms with Crippen LogP contribution < -0.4 is 10.1 Å². The van der Waals surface area contributed by atoms with Gasteiger partial charge in [-0.15, -0.1) is 0 Å². The Morgan fingerprint density at radius 1 is 1.15 bits per heavy atom. The van der Waals surface area contributed by atoms with E-state index in [4.69, 9.17) is 9.47 Å². The van der Waals surface area contributed by atoms with Crippen molar-refractivity contribution in [3.63, 3.8) is 0 Å². The predicted octanol–water partition coefficient (Wildman–Crippen LogP) is 2.96. The number of para-hydroxylation sites is 1. The molecule has 1 aromatic rings. The summed E-state index contributed by atoms with van der Waals surface area (Å²) in [7, 11) is 0. The number of nitrogens with zero attached hydrogens (tertiary/aromatic N) is 1. The summed E-state index contributed by atoms with van der Waals surface area (Å²) in [5.74, 6) is -0.638. The molecule has 0 saturated heterocycles. The number of hydrogen-bond donors (Lipinski definition) is 1. The van der Waals surface area contributed by atoms with E-state index in [2.05, 4.69) is 32.2 Å². The third kappa shape index (κ3) is 6.07. The average molecular weight is 360 g/mol. The van der Waals surface area contributed by atoms with Gasteiger partial charge >= 0.3 is 5.97 Å². The topological polar surface area (TPSA) is 88.4 Å². The second-order valence-electron chi connectivity index (χ2n) is 7.71. The van der Waals surface area contributed by atoms with Crippen molar-refractivity contribution in [2.45, 2.75) is 52.5 Å². The van der Waals surface area contributed by atoms with Gasteiger partial charge in [-0.25, -0.2) is 4.79 Å². The smallest absolute Gasteiger partial charge is 0.344 e. The summed E-state index contributed by atoms with van der Waals surface area (Å²) in [6.07, 6.45) is 0. The Morgan fingerprint density at radius 2 is 1.77 bits per heavy atom. The summed E-state index contributed by atoms with van der Waals surface area (Å²) in [6, 6.07) is 9.55. The molecule has 6 nitrogen and oxygen atoms in total. The molecule has 1 amide bonds. The van der Waals surface area contributed by atoms with E-state index in [0.29, 0.717) is 5.75 Å². The number of nitrogens with one attached hydrogen (secondary N) is 1. The zero-order valence-electron chi connectivity index (χ0n) is 16.4. The van der Waals surface area contributed by atoms with Crippen LogP contribution in [0, 0.1) is 17.2 Å². The fourth-order valence-electron chi connectivity index (χ4n) is 2.16. The van der Waals surface area contributed by atoms with E-state index in [1.54, 1.807) is 13.0 Å². The Balaban J connectivity index is 2.55. The lowest BCUT2D eigenvalue weighted by molar-refractivity contribution is -0.150. The average Bonchev–Trinajstić information content (AvgIpc) is 2.57. The Bertz CT molecular complexity index is 686. The van der Waals surface area contributed by atoms with Gasteiger partial charge < -0.3 is 14.8 Å². The molecule has 0 spiro atoms. The van der Waals surface area contributed by atoms with Crippen LogP contribution in [-0.2, 0) is 19.7 Å². The van der Waals surface area contributed by atoms with E-state index < -0.39 is 24.0 Å². The molecule has 1 aromatic carbocycles. The highest BCUT2D eigenvalue weighted by molar-refractivity contribution is 5.81. The third-order valence-corrected chi connectivity index (χ3v) is 4.19. The molecule has 0 unspecified atom stereocenters. The van der Waals surface area contributed by atoms with Crippen LogP contribution in [0.2, 0.25) is 0 Å². The number of hydrogen-bond acceptors (Lipinski definition) is 5. The highest BCUT2D eigenvalue weighted by atomic mass is 16.6. The molecule has 0 fully saturated rings. The lowest BCUT2D eigenvalue weighted by Crippen LogP contribution is -2.50. The molecule has 1 rings (SSSR count). The molecule has 0 saturated carbocycles. The first kappa shape index (κ1) is 21.5. The lowest BCUT2D eigenvalue weighted by Gasteiger charge is -2.27. The van der Waals surface area contributed by atoms with E-state index >= 15 is 0 Å². The van der Waals surface area contributed by atoms with Gasteiger partial charge in [0, 0.05) is 0 Å². The van der Waals surface area contributed by atoms with Crippen molar-refractivity contribution in [2.24, 2.45) is 5.92 Å². The summed E-state index contributed by atoms with van der Waals surface area (Å²) in [5.41, 5.74) is -0.155. The molecular weight excluding hydrogens is 332 g/mol. The van der Waals surface area contributed by atoms with Gasteiger partial charge in [0.05, 0.1) is 6.07 Å². The Labute approximate surface area is 155 Å². The predicted molar refractivity (Wildman–Crippen MR) is 98.6 cm³/mol. The molecular formula is C20H28N2O4. The molecule has 0 aliphatic heterocycles. The summed E-state index contributed by atoms with van der Waals surface area (Å²) in [5, 5.41) is 11.8. The quantitative estimate of drug-likeness (QED) is 0.755. The normalized spacial score (nSPS) is 13.5. The van der Waals surface area contributed by atoms with Gasteiger partial charge in [-0.3, -0.25) is 4.79 Å². The van der Waals surface area contributed by atoms with Crippen molar-refractivity contribution in [2.75, 3.05) is 13.2 Å². The minimum absolute atomic E-state index is 0.0793. The van der Waals surface area contributed by atoms with E-state index in [1.807, 2.05) is 32.0 Å². The number of ether oxygens (including phenoxy) is 2. The van der Waals surface area contributed by atoms with Crippen LogP contribution in [0.25, 0.3) is 0 Å². The van der Waals surface area contributed by atoms with Crippen molar-refractivity contribution in [1.82, 2.24) is 5.32 Å². The van der Waals surface area contributed by atoms with Gasteiger partial charge in [0.25, 0.3) is 5.91 Å². The maximum atomic E-state index is 11.9. The first-order valence-electron chi connectivity index (χ1n) is 8.60. The van der Waals surface area contributed by atoms with Gasteiger partial charge in [-0.1, -0.05) is 52.8 Å². The van der Waals surface area contributed by atoms with E-state index in [1.165, 1.54) is 0 Å². The minimum atomic E-state index is -1.01. The molecule has 0 aromatic heterocycles. The monoisotopic (exact) mass is 360 g/mol. The molecule has 1 N–H and O–H groups in total. The largest absolute Gasteiger partial charge is 0.482 e. The molecule has 0 aliphatic carbocycles. The second kappa shape index (κ2) is 8.70. The number of esters is 1. The maximum absolute atomic E-state index is 11.9. The van der Waals surface area contributed by atoms with Crippen LogP contribution in [0.15, 0.2) is 24.3 Å². The van der Waals surface area contributed by atoms with Gasteiger partial charge in [-0.05, 0) is 29.9 Å².